The third kappa shape index (κ3) is 6.02. The number of rotatable bonds is 8. The third-order valence-corrected chi connectivity index (χ3v) is 2.09. The molecule has 0 saturated carbocycles. The Balaban J connectivity index is 2.39. The van der Waals surface area contributed by atoms with E-state index in [2.05, 4.69) is 9.97 Å². The Morgan fingerprint density at radius 1 is 1.15 bits per heavy atom. The van der Waals surface area contributed by atoms with Crippen molar-refractivity contribution < 1.29 is 27.4 Å². The molecule has 6 nitrogen and oxygen atoms in total. The third-order valence-electron chi connectivity index (χ3n) is 2.09. The molecule has 0 unspecified atom stereocenters. The van der Waals surface area contributed by atoms with Gasteiger partial charge < -0.3 is 19.9 Å². The van der Waals surface area contributed by atoms with Crippen molar-refractivity contribution in [3.63, 3.8) is 0 Å². The van der Waals surface area contributed by atoms with Gasteiger partial charge in [0.15, 0.2) is 0 Å². The Labute approximate surface area is 114 Å². The Morgan fingerprint density at radius 3 is 2.55 bits per heavy atom. The number of aromatic nitrogens is 2. The zero-order valence-electron chi connectivity index (χ0n) is 10.9. The van der Waals surface area contributed by atoms with Crippen LogP contribution in [0.2, 0.25) is 0 Å². The zero-order valence-corrected chi connectivity index (χ0v) is 10.9. The van der Waals surface area contributed by atoms with E-state index in [1.807, 2.05) is 0 Å². The van der Waals surface area contributed by atoms with Crippen LogP contribution in [0.1, 0.15) is 12.2 Å². The summed E-state index contributed by atoms with van der Waals surface area (Å²) < 4.78 is 52.4. The minimum absolute atomic E-state index is 0.0702. The molecule has 114 valence electrons. The molecule has 0 fully saturated rings. The largest absolute Gasteiger partial charge is 0.475 e. The fourth-order valence-corrected chi connectivity index (χ4v) is 1.26. The number of nitrogens with two attached hydrogens (primary N) is 1. The van der Waals surface area contributed by atoms with Gasteiger partial charge in [0.25, 0.3) is 0 Å². The highest BCUT2D eigenvalue weighted by Gasteiger charge is 2.35. The fraction of sp³-hybridized carbons (Fsp3) is 0.636. The SMILES string of the molecule is COCCCOCCOc1cc(N)nc(C(F)(F)F)n1. The van der Waals surface area contributed by atoms with E-state index in [0.717, 1.165) is 12.5 Å². The van der Waals surface area contributed by atoms with Crippen molar-refractivity contribution in [3.8, 4) is 5.88 Å². The minimum Gasteiger partial charge on any atom is -0.475 e. The van der Waals surface area contributed by atoms with Crippen LogP contribution in [0.15, 0.2) is 6.07 Å². The molecule has 1 aromatic heterocycles. The number of hydrogen-bond acceptors (Lipinski definition) is 6. The number of anilines is 1. The van der Waals surface area contributed by atoms with Gasteiger partial charge in [-0.1, -0.05) is 0 Å². The Hall–Kier alpha value is -1.61. The van der Waals surface area contributed by atoms with Gasteiger partial charge in [0.2, 0.25) is 11.7 Å². The maximum Gasteiger partial charge on any atom is 0.451 e. The normalized spacial score (nSPS) is 11.6. The van der Waals surface area contributed by atoms with E-state index in [1.165, 1.54) is 0 Å². The Bertz CT molecular complexity index is 416. The number of hydrogen-bond donors (Lipinski definition) is 1. The maximum absolute atomic E-state index is 12.4. The molecule has 0 atom stereocenters. The maximum atomic E-state index is 12.4. The summed E-state index contributed by atoms with van der Waals surface area (Å²) in [5.74, 6) is -1.86. The molecule has 0 aliphatic rings. The molecule has 1 aromatic rings. The number of nitrogen functional groups attached to an aromatic ring is 1. The summed E-state index contributed by atoms with van der Waals surface area (Å²) in [4.78, 5) is 6.34. The van der Waals surface area contributed by atoms with Gasteiger partial charge in [0.05, 0.1) is 6.61 Å². The van der Waals surface area contributed by atoms with Crippen molar-refractivity contribution >= 4 is 5.82 Å². The number of ether oxygens (including phenoxy) is 3. The lowest BCUT2D eigenvalue weighted by molar-refractivity contribution is -0.145. The van der Waals surface area contributed by atoms with Crippen LogP contribution in [0.25, 0.3) is 0 Å². The van der Waals surface area contributed by atoms with Crippen molar-refractivity contribution in [1.29, 1.82) is 0 Å². The van der Waals surface area contributed by atoms with E-state index < -0.39 is 12.0 Å². The second-order valence-corrected chi connectivity index (χ2v) is 3.76. The van der Waals surface area contributed by atoms with Gasteiger partial charge in [-0.05, 0) is 6.42 Å². The summed E-state index contributed by atoms with van der Waals surface area (Å²) in [6, 6.07) is 1.13. The van der Waals surface area contributed by atoms with Gasteiger partial charge >= 0.3 is 6.18 Å². The lowest BCUT2D eigenvalue weighted by atomic mass is 10.5. The smallest absolute Gasteiger partial charge is 0.451 e. The fourth-order valence-electron chi connectivity index (χ4n) is 1.26. The molecule has 0 saturated heterocycles. The van der Waals surface area contributed by atoms with Crippen molar-refractivity contribution in [2.75, 3.05) is 39.3 Å². The van der Waals surface area contributed by atoms with Crippen LogP contribution in [-0.2, 0) is 15.7 Å². The summed E-state index contributed by atoms with van der Waals surface area (Å²) in [5.41, 5.74) is 5.27. The van der Waals surface area contributed by atoms with Gasteiger partial charge in [-0.15, -0.1) is 0 Å². The second kappa shape index (κ2) is 7.85. The average Bonchev–Trinajstić information content (AvgIpc) is 2.36. The molecule has 0 aliphatic heterocycles. The number of methoxy groups -OCH3 is 1. The van der Waals surface area contributed by atoms with Gasteiger partial charge in [0.1, 0.15) is 12.4 Å². The van der Waals surface area contributed by atoms with Crippen molar-refractivity contribution in [2.24, 2.45) is 0 Å². The highest BCUT2D eigenvalue weighted by molar-refractivity contribution is 5.33. The highest BCUT2D eigenvalue weighted by Crippen LogP contribution is 2.28. The summed E-state index contributed by atoms with van der Waals surface area (Å²) in [7, 11) is 1.58. The summed E-state index contributed by atoms with van der Waals surface area (Å²) in [6.07, 6.45) is -3.93. The quantitative estimate of drug-likeness (QED) is 0.732. The molecular weight excluding hydrogens is 279 g/mol. The lowest BCUT2D eigenvalue weighted by Crippen LogP contribution is -2.15. The van der Waals surface area contributed by atoms with Crippen LogP contribution in [-0.4, -0.2) is 43.5 Å². The first-order valence-electron chi connectivity index (χ1n) is 5.84. The van der Waals surface area contributed by atoms with Crippen molar-refractivity contribution in [3.05, 3.63) is 11.9 Å². The number of alkyl halides is 3. The Morgan fingerprint density at radius 2 is 1.90 bits per heavy atom. The van der Waals surface area contributed by atoms with Crippen LogP contribution in [0.5, 0.6) is 5.88 Å². The Kier molecular flexibility index (Phi) is 6.46. The standard InChI is InChI=1S/C11H16F3N3O3/c1-18-3-2-4-19-5-6-20-9-7-8(15)16-10(17-9)11(12,13)14/h7H,2-6H2,1H3,(H2,15,16,17). The van der Waals surface area contributed by atoms with Crippen LogP contribution in [0, 0.1) is 0 Å². The van der Waals surface area contributed by atoms with E-state index in [4.69, 9.17) is 19.9 Å². The van der Waals surface area contributed by atoms with Gasteiger partial charge in [-0.3, -0.25) is 0 Å². The summed E-state index contributed by atoms with van der Waals surface area (Å²) in [5, 5.41) is 0. The van der Waals surface area contributed by atoms with Crippen LogP contribution in [0.4, 0.5) is 19.0 Å². The van der Waals surface area contributed by atoms with Crippen LogP contribution in [0.3, 0.4) is 0 Å². The molecule has 1 heterocycles. The lowest BCUT2D eigenvalue weighted by Gasteiger charge is -2.09. The zero-order chi connectivity index (χ0) is 15.0. The molecular formula is C11H16F3N3O3. The first-order chi connectivity index (χ1) is 9.43. The predicted octanol–water partition coefficient (Wildman–Crippen LogP) is 1.51. The molecule has 0 amide bonds. The second-order valence-electron chi connectivity index (χ2n) is 3.76. The van der Waals surface area contributed by atoms with E-state index in [0.29, 0.717) is 13.2 Å². The van der Waals surface area contributed by atoms with E-state index in [1.54, 1.807) is 7.11 Å². The molecule has 0 aliphatic carbocycles. The summed E-state index contributed by atoms with van der Waals surface area (Å²) in [6.45, 7) is 1.37. The molecule has 0 aromatic carbocycles. The highest BCUT2D eigenvalue weighted by atomic mass is 19.4. The molecule has 0 radical (unpaired) electrons. The van der Waals surface area contributed by atoms with Gasteiger partial charge in [-0.2, -0.15) is 18.2 Å². The van der Waals surface area contributed by atoms with E-state index in [9.17, 15) is 13.2 Å². The van der Waals surface area contributed by atoms with E-state index in [-0.39, 0.29) is 24.9 Å². The first kappa shape index (κ1) is 16.4. The monoisotopic (exact) mass is 295 g/mol. The molecule has 9 heteroatoms. The van der Waals surface area contributed by atoms with Gasteiger partial charge in [0, 0.05) is 26.4 Å². The number of halogens is 3. The molecule has 2 N–H and O–H groups in total. The van der Waals surface area contributed by atoms with Crippen molar-refractivity contribution in [1.82, 2.24) is 9.97 Å². The summed E-state index contributed by atoms with van der Waals surface area (Å²) >= 11 is 0. The van der Waals surface area contributed by atoms with Crippen LogP contribution >= 0.6 is 0 Å². The average molecular weight is 295 g/mol. The predicted molar refractivity (Wildman–Crippen MR) is 64.3 cm³/mol. The van der Waals surface area contributed by atoms with Crippen LogP contribution < -0.4 is 10.5 Å². The molecule has 20 heavy (non-hydrogen) atoms. The van der Waals surface area contributed by atoms with Crippen molar-refractivity contribution in [2.45, 2.75) is 12.6 Å². The molecule has 0 bridgehead atoms. The first-order valence-corrected chi connectivity index (χ1v) is 5.84. The molecule has 1 rings (SSSR count). The topological polar surface area (TPSA) is 79.5 Å². The van der Waals surface area contributed by atoms with E-state index >= 15 is 0 Å². The minimum atomic E-state index is -4.66. The number of nitrogens with zero attached hydrogens (tertiary/aromatic N) is 2. The van der Waals surface area contributed by atoms with Gasteiger partial charge in [-0.25, -0.2) is 4.98 Å². The molecule has 0 spiro atoms.